The second-order valence-corrected chi connectivity index (χ2v) is 3.33. The van der Waals surface area contributed by atoms with E-state index in [2.05, 4.69) is 9.97 Å². The predicted molar refractivity (Wildman–Crippen MR) is 59.5 cm³/mol. The summed E-state index contributed by atoms with van der Waals surface area (Å²) >= 11 is 1.48. The summed E-state index contributed by atoms with van der Waals surface area (Å²) in [4.78, 5) is 19.3. The van der Waals surface area contributed by atoms with Crippen molar-refractivity contribution in [3.63, 3.8) is 0 Å². The molecule has 15 heavy (non-hydrogen) atoms. The summed E-state index contributed by atoms with van der Waals surface area (Å²) in [6.45, 7) is 2.14. The van der Waals surface area contributed by atoms with Crippen molar-refractivity contribution in [1.29, 1.82) is 0 Å². The first-order valence-corrected chi connectivity index (χ1v) is 5.70. The summed E-state index contributed by atoms with van der Waals surface area (Å²) in [5, 5.41) is 0.790. The molecule has 0 aliphatic heterocycles. The number of ether oxygens (including phenoxy) is 1. The van der Waals surface area contributed by atoms with Gasteiger partial charge in [0.15, 0.2) is 0 Å². The van der Waals surface area contributed by atoms with Gasteiger partial charge >= 0.3 is 5.97 Å². The van der Waals surface area contributed by atoms with Crippen LogP contribution >= 0.6 is 11.8 Å². The number of carbonyl (C=O) groups excluding carboxylic acids is 1. The average Bonchev–Trinajstić information content (AvgIpc) is 2.27. The molecule has 0 fully saturated rings. The minimum Gasteiger partial charge on any atom is -0.463 e. The van der Waals surface area contributed by atoms with Crippen LogP contribution in [0.4, 0.5) is 0 Å². The number of rotatable bonds is 4. The van der Waals surface area contributed by atoms with Crippen molar-refractivity contribution in [3.05, 3.63) is 24.2 Å². The van der Waals surface area contributed by atoms with E-state index in [-0.39, 0.29) is 5.97 Å². The van der Waals surface area contributed by atoms with E-state index in [1.165, 1.54) is 17.8 Å². The van der Waals surface area contributed by atoms with Crippen LogP contribution in [0, 0.1) is 0 Å². The Hall–Kier alpha value is -1.36. The Labute approximate surface area is 92.8 Å². The molecule has 80 valence electrons. The maximum atomic E-state index is 11.1. The smallest absolute Gasteiger partial charge is 0.330 e. The minimum absolute atomic E-state index is 0.366. The van der Waals surface area contributed by atoms with Gasteiger partial charge in [-0.15, -0.1) is 11.8 Å². The Bertz CT molecular complexity index is 366. The Morgan fingerprint density at radius 3 is 2.93 bits per heavy atom. The number of hydrogen-bond donors (Lipinski definition) is 0. The van der Waals surface area contributed by atoms with Gasteiger partial charge in [-0.05, 0) is 19.3 Å². The molecule has 1 rings (SSSR count). The Kier molecular flexibility index (Phi) is 4.83. The lowest BCUT2D eigenvalue weighted by molar-refractivity contribution is -0.137. The quantitative estimate of drug-likeness (QED) is 0.443. The SMILES string of the molecule is CCOC(=O)/C=C/c1nccnc1SC. The van der Waals surface area contributed by atoms with E-state index in [0.29, 0.717) is 12.3 Å². The molecule has 5 heteroatoms. The van der Waals surface area contributed by atoms with E-state index < -0.39 is 0 Å². The van der Waals surface area contributed by atoms with Crippen LogP contribution < -0.4 is 0 Å². The molecular formula is C10H12N2O2S. The van der Waals surface area contributed by atoms with Crippen LogP contribution in [0.25, 0.3) is 6.08 Å². The van der Waals surface area contributed by atoms with Gasteiger partial charge in [0.05, 0.1) is 12.3 Å². The largest absolute Gasteiger partial charge is 0.463 e. The van der Waals surface area contributed by atoms with E-state index in [0.717, 1.165) is 5.03 Å². The maximum absolute atomic E-state index is 11.1. The molecule has 1 aromatic heterocycles. The molecular weight excluding hydrogens is 212 g/mol. The van der Waals surface area contributed by atoms with Gasteiger partial charge in [0.2, 0.25) is 0 Å². The zero-order valence-corrected chi connectivity index (χ0v) is 9.45. The van der Waals surface area contributed by atoms with Crippen LogP contribution in [0.2, 0.25) is 0 Å². The minimum atomic E-state index is -0.366. The number of thioether (sulfide) groups is 1. The lowest BCUT2D eigenvalue weighted by atomic mass is 10.4. The van der Waals surface area contributed by atoms with E-state index in [1.54, 1.807) is 25.4 Å². The topological polar surface area (TPSA) is 52.1 Å². The number of aromatic nitrogens is 2. The van der Waals surface area contributed by atoms with Gasteiger partial charge in [-0.2, -0.15) is 0 Å². The lowest BCUT2D eigenvalue weighted by Gasteiger charge is -1.99. The van der Waals surface area contributed by atoms with Crippen molar-refractivity contribution in [3.8, 4) is 0 Å². The number of esters is 1. The van der Waals surface area contributed by atoms with E-state index in [4.69, 9.17) is 4.74 Å². The van der Waals surface area contributed by atoms with Crippen molar-refractivity contribution >= 4 is 23.8 Å². The van der Waals surface area contributed by atoms with E-state index in [1.807, 2.05) is 6.26 Å². The summed E-state index contributed by atoms with van der Waals surface area (Å²) in [7, 11) is 0. The van der Waals surface area contributed by atoms with Crippen LogP contribution in [0.5, 0.6) is 0 Å². The highest BCUT2D eigenvalue weighted by Gasteiger charge is 2.00. The fourth-order valence-electron chi connectivity index (χ4n) is 0.945. The van der Waals surface area contributed by atoms with Crippen LogP contribution in [-0.4, -0.2) is 28.8 Å². The molecule has 0 unspecified atom stereocenters. The third-order valence-electron chi connectivity index (χ3n) is 1.55. The second-order valence-electron chi connectivity index (χ2n) is 2.54. The summed E-state index contributed by atoms with van der Waals surface area (Å²) in [6.07, 6.45) is 8.08. The van der Waals surface area contributed by atoms with Gasteiger partial charge in [-0.1, -0.05) is 0 Å². The fourth-order valence-corrected chi connectivity index (χ4v) is 1.44. The zero-order chi connectivity index (χ0) is 11.1. The molecule has 0 atom stereocenters. The molecule has 0 N–H and O–H groups in total. The van der Waals surface area contributed by atoms with Crippen molar-refractivity contribution < 1.29 is 9.53 Å². The monoisotopic (exact) mass is 224 g/mol. The van der Waals surface area contributed by atoms with Gasteiger partial charge in [0.25, 0.3) is 0 Å². The predicted octanol–water partition coefficient (Wildman–Crippen LogP) is 1.77. The second kappa shape index (κ2) is 6.19. The number of carbonyl (C=O) groups is 1. The summed E-state index contributed by atoms with van der Waals surface area (Å²) in [5.41, 5.74) is 0.679. The lowest BCUT2D eigenvalue weighted by Crippen LogP contribution is -1.99. The van der Waals surface area contributed by atoms with Crippen LogP contribution in [0.1, 0.15) is 12.6 Å². The highest BCUT2D eigenvalue weighted by Crippen LogP contribution is 2.15. The molecule has 0 aliphatic carbocycles. The molecule has 0 spiro atoms. The number of hydrogen-bond acceptors (Lipinski definition) is 5. The molecule has 4 nitrogen and oxygen atoms in total. The molecule has 0 amide bonds. The molecule has 1 heterocycles. The highest BCUT2D eigenvalue weighted by atomic mass is 32.2. The molecule has 1 aromatic rings. The summed E-state index contributed by atoms with van der Waals surface area (Å²) < 4.78 is 4.76. The highest BCUT2D eigenvalue weighted by molar-refractivity contribution is 7.98. The van der Waals surface area contributed by atoms with Gasteiger partial charge in [-0.25, -0.2) is 9.78 Å². The van der Waals surface area contributed by atoms with Crippen molar-refractivity contribution in [1.82, 2.24) is 9.97 Å². The number of nitrogens with zero attached hydrogens (tertiary/aromatic N) is 2. The molecule has 0 saturated heterocycles. The molecule has 0 aliphatic rings. The first-order chi connectivity index (χ1) is 7.27. The van der Waals surface area contributed by atoms with Crippen LogP contribution in [0.15, 0.2) is 23.5 Å². The van der Waals surface area contributed by atoms with Gasteiger partial charge < -0.3 is 4.74 Å². The van der Waals surface area contributed by atoms with E-state index >= 15 is 0 Å². The van der Waals surface area contributed by atoms with Crippen LogP contribution in [-0.2, 0) is 9.53 Å². The van der Waals surface area contributed by atoms with Gasteiger partial charge in [0.1, 0.15) is 5.03 Å². The van der Waals surface area contributed by atoms with Gasteiger partial charge in [-0.3, -0.25) is 4.98 Å². The fraction of sp³-hybridized carbons (Fsp3) is 0.300. The summed E-state index contributed by atoms with van der Waals surface area (Å²) in [6, 6.07) is 0. The third-order valence-corrected chi connectivity index (χ3v) is 2.25. The van der Waals surface area contributed by atoms with E-state index in [9.17, 15) is 4.79 Å². The normalized spacial score (nSPS) is 10.5. The molecule has 0 saturated carbocycles. The van der Waals surface area contributed by atoms with Crippen molar-refractivity contribution in [2.75, 3.05) is 12.9 Å². The zero-order valence-electron chi connectivity index (χ0n) is 8.64. The standard InChI is InChI=1S/C10H12N2O2S/c1-3-14-9(13)5-4-8-10(15-2)12-7-6-11-8/h4-7H,3H2,1-2H3/b5-4+. The maximum Gasteiger partial charge on any atom is 0.330 e. The first kappa shape index (κ1) is 11.7. The van der Waals surface area contributed by atoms with Crippen molar-refractivity contribution in [2.45, 2.75) is 11.9 Å². The molecule has 0 bridgehead atoms. The van der Waals surface area contributed by atoms with Gasteiger partial charge in [0, 0.05) is 18.5 Å². The summed E-state index contributed by atoms with van der Waals surface area (Å²) in [5.74, 6) is -0.366. The molecule has 0 radical (unpaired) electrons. The first-order valence-electron chi connectivity index (χ1n) is 4.47. The Morgan fingerprint density at radius 2 is 2.27 bits per heavy atom. The third kappa shape index (κ3) is 3.71. The Balaban J connectivity index is 2.75. The average molecular weight is 224 g/mol. The molecule has 0 aromatic carbocycles. The van der Waals surface area contributed by atoms with Crippen molar-refractivity contribution in [2.24, 2.45) is 0 Å². The Morgan fingerprint density at radius 1 is 1.53 bits per heavy atom. The van der Waals surface area contributed by atoms with Crippen LogP contribution in [0.3, 0.4) is 0 Å².